The second-order valence-electron chi connectivity index (χ2n) is 9.42. The maximum absolute atomic E-state index is 5.75. The van der Waals surface area contributed by atoms with Gasteiger partial charge in [0.05, 0.1) is 6.61 Å². The lowest BCUT2D eigenvalue weighted by Crippen LogP contribution is -1.96. The summed E-state index contributed by atoms with van der Waals surface area (Å²) in [5.41, 5.74) is 1.50. The molecule has 0 fully saturated rings. The SMILES string of the molecule is C=C(CCCCCCCCC)CCCCCCCCCCCCCOc1ccccc1. The average Bonchev–Trinajstić information content (AvgIpc) is 2.79. The second-order valence-corrected chi connectivity index (χ2v) is 9.42. The summed E-state index contributed by atoms with van der Waals surface area (Å²) in [6.45, 7) is 7.45. The van der Waals surface area contributed by atoms with Crippen LogP contribution in [0, 0.1) is 0 Å². The number of ether oxygens (including phenoxy) is 1. The second kappa shape index (κ2) is 22.0. The summed E-state index contributed by atoms with van der Waals surface area (Å²) in [7, 11) is 0. The molecule has 0 aromatic heterocycles. The van der Waals surface area contributed by atoms with Crippen LogP contribution in [0.3, 0.4) is 0 Å². The molecule has 1 nitrogen and oxygen atoms in total. The van der Waals surface area contributed by atoms with Gasteiger partial charge in [-0.15, -0.1) is 0 Å². The summed E-state index contributed by atoms with van der Waals surface area (Å²) in [6, 6.07) is 10.2. The first-order valence-corrected chi connectivity index (χ1v) is 13.7. The number of allylic oxidation sites excluding steroid dienone is 1. The first-order chi connectivity index (χ1) is 15.3. The maximum Gasteiger partial charge on any atom is 0.119 e. The Balaban J connectivity index is 1.72. The van der Waals surface area contributed by atoms with Crippen molar-refractivity contribution in [2.24, 2.45) is 0 Å². The molecular weight excluding hydrogens is 376 g/mol. The van der Waals surface area contributed by atoms with Crippen LogP contribution >= 0.6 is 0 Å². The molecule has 0 heterocycles. The summed E-state index contributed by atoms with van der Waals surface area (Å²) < 4.78 is 5.75. The monoisotopic (exact) mass is 428 g/mol. The van der Waals surface area contributed by atoms with Crippen molar-refractivity contribution in [3.63, 3.8) is 0 Å². The van der Waals surface area contributed by atoms with Crippen LogP contribution in [-0.2, 0) is 0 Å². The van der Waals surface area contributed by atoms with Gasteiger partial charge in [-0.3, -0.25) is 0 Å². The molecule has 31 heavy (non-hydrogen) atoms. The number of unbranched alkanes of at least 4 members (excludes halogenated alkanes) is 16. The standard InChI is InChI=1S/C30H52O/c1-3-4-5-6-12-15-19-24-29(2)25-20-16-13-10-8-7-9-11-14-17-23-28-31-30-26-21-18-22-27-30/h18,21-22,26-27H,2-17,19-20,23-25,28H2,1H3. The Kier molecular flexibility index (Phi) is 19.7. The van der Waals surface area contributed by atoms with E-state index < -0.39 is 0 Å². The van der Waals surface area contributed by atoms with Gasteiger partial charge in [-0.25, -0.2) is 0 Å². The van der Waals surface area contributed by atoms with Crippen molar-refractivity contribution < 1.29 is 4.74 Å². The van der Waals surface area contributed by atoms with Gasteiger partial charge >= 0.3 is 0 Å². The lowest BCUT2D eigenvalue weighted by Gasteiger charge is -2.07. The summed E-state index contributed by atoms with van der Waals surface area (Å²) in [5, 5.41) is 0. The summed E-state index contributed by atoms with van der Waals surface area (Å²) in [6.07, 6.45) is 27.5. The molecular formula is C30H52O. The van der Waals surface area contributed by atoms with E-state index in [2.05, 4.69) is 13.5 Å². The number of benzene rings is 1. The van der Waals surface area contributed by atoms with E-state index >= 15 is 0 Å². The van der Waals surface area contributed by atoms with Gasteiger partial charge in [-0.2, -0.15) is 0 Å². The molecule has 178 valence electrons. The molecule has 0 saturated heterocycles. The highest BCUT2D eigenvalue weighted by atomic mass is 16.5. The van der Waals surface area contributed by atoms with E-state index in [0.717, 1.165) is 12.4 Å². The molecule has 0 N–H and O–H groups in total. The highest BCUT2D eigenvalue weighted by Gasteiger charge is 1.98. The molecule has 0 radical (unpaired) electrons. The smallest absolute Gasteiger partial charge is 0.119 e. The summed E-state index contributed by atoms with van der Waals surface area (Å²) in [5.74, 6) is 1.000. The van der Waals surface area contributed by atoms with Crippen LogP contribution in [0.25, 0.3) is 0 Å². The molecule has 0 amide bonds. The van der Waals surface area contributed by atoms with E-state index in [-0.39, 0.29) is 0 Å². The predicted molar refractivity (Wildman–Crippen MR) is 139 cm³/mol. The number of hydrogen-bond acceptors (Lipinski definition) is 1. The van der Waals surface area contributed by atoms with Crippen molar-refractivity contribution in [1.82, 2.24) is 0 Å². The third kappa shape index (κ3) is 19.2. The Morgan fingerprint density at radius 3 is 1.48 bits per heavy atom. The molecule has 1 heteroatoms. The molecule has 0 unspecified atom stereocenters. The minimum absolute atomic E-state index is 0.857. The van der Waals surface area contributed by atoms with Gasteiger partial charge in [0.25, 0.3) is 0 Å². The molecule has 0 spiro atoms. The Morgan fingerprint density at radius 1 is 0.581 bits per heavy atom. The van der Waals surface area contributed by atoms with Crippen molar-refractivity contribution in [2.75, 3.05) is 6.61 Å². The van der Waals surface area contributed by atoms with E-state index in [1.54, 1.807) is 0 Å². The molecule has 1 aromatic carbocycles. The lowest BCUT2D eigenvalue weighted by atomic mass is 10.0. The molecule has 0 aliphatic heterocycles. The van der Waals surface area contributed by atoms with Crippen LogP contribution in [0.4, 0.5) is 0 Å². The van der Waals surface area contributed by atoms with Gasteiger partial charge < -0.3 is 4.74 Å². The van der Waals surface area contributed by atoms with Crippen molar-refractivity contribution >= 4 is 0 Å². The Morgan fingerprint density at radius 2 is 1.00 bits per heavy atom. The van der Waals surface area contributed by atoms with Crippen molar-refractivity contribution in [2.45, 2.75) is 135 Å². The van der Waals surface area contributed by atoms with Gasteiger partial charge in [0.15, 0.2) is 0 Å². The average molecular weight is 429 g/mol. The number of hydrogen-bond donors (Lipinski definition) is 0. The zero-order valence-corrected chi connectivity index (χ0v) is 20.9. The largest absolute Gasteiger partial charge is 0.494 e. The highest BCUT2D eigenvalue weighted by Crippen LogP contribution is 2.18. The van der Waals surface area contributed by atoms with Crippen molar-refractivity contribution in [3.05, 3.63) is 42.5 Å². The van der Waals surface area contributed by atoms with Gasteiger partial charge in [-0.05, 0) is 44.2 Å². The van der Waals surface area contributed by atoms with Crippen molar-refractivity contribution in [1.29, 1.82) is 0 Å². The molecule has 1 rings (SSSR count). The van der Waals surface area contributed by atoms with Gasteiger partial charge in [-0.1, -0.05) is 134 Å². The van der Waals surface area contributed by atoms with E-state index in [1.807, 2.05) is 30.3 Å². The van der Waals surface area contributed by atoms with Crippen LogP contribution < -0.4 is 4.74 Å². The minimum Gasteiger partial charge on any atom is -0.494 e. The molecule has 0 bridgehead atoms. The zero-order valence-electron chi connectivity index (χ0n) is 20.9. The van der Waals surface area contributed by atoms with Crippen LogP contribution in [-0.4, -0.2) is 6.61 Å². The van der Waals surface area contributed by atoms with Crippen LogP contribution in [0.2, 0.25) is 0 Å². The topological polar surface area (TPSA) is 9.23 Å². The minimum atomic E-state index is 0.857. The molecule has 0 atom stereocenters. The molecule has 0 aliphatic rings. The third-order valence-corrected chi connectivity index (χ3v) is 6.32. The van der Waals surface area contributed by atoms with E-state index in [0.29, 0.717) is 0 Å². The first-order valence-electron chi connectivity index (χ1n) is 13.7. The fraction of sp³-hybridized carbons (Fsp3) is 0.733. The normalized spacial score (nSPS) is 11.0. The third-order valence-electron chi connectivity index (χ3n) is 6.32. The zero-order chi connectivity index (χ0) is 22.2. The molecule has 0 saturated carbocycles. The van der Waals surface area contributed by atoms with Crippen molar-refractivity contribution in [3.8, 4) is 5.75 Å². The number of para-hydroxylation sites is 1. The Labute approximate surface area is 195 Å². The summed E-state index contributed by atoms with van der Waals surface area (Å²) >= 11 is 0. The van der Waals surface area contributed by atoms with Gasteiger partial charge in [0.1, 0.15) is 5.75 Å². The maximum atomic E-state index is 5.75. The van der Waals surface area contributed by atoms with E-state index in [4.69, 9.17) is 4.74 Å². The Bertz CT molecular complexity index is 492. The first kappa shape index (κ1) is 27.8. The van der Waals surface area contributed by atoms with E-state index in [9.17, 15) is 0 Å². The van der Waals surface area contributed by atoms with Gasteiger partial charge in [0.2, 0.25) is 0 Å². The fourth-order valence-corrected chi connectivity index (χ4v) is 4.23. The lowest BCUT2D eigenvalue weighted by molar-refractivity contribution is 0.304. The molecule has 1 aromatic rings. The van der Waals surface area contributed by atoms with Crippen LogP contribution in [0.1, 0.15) is 135 Å². The Hall–Kier alpha value is -1.24. The fourth-order valence-electron chi connectivity index (χ4n) is 4.23. The van der Waals surface area contributed by atoms with E-state index in [1.165, 1.54) is 134 Å². The quantitative estimate of drug-likeness (QED) is 0.124. The predicted octanol–water partition coefficient (Wildman–Crippen LogP) is 10.4. The van der Waals surface area contributed by atoms with Crippen LogP contribution in [0.5, 0.6) is 5.75 Å². The molecule has 0 aliphatic carbocycles. The van der Waals surface area contributed by atoms with Gasteiger partial charge in [0, 0.05) is 0 Å². The highest BCUT2D eigenvalue weighted by molar-refractivity contribution is 5.20. The number of rotatable bonds is 23. The van der Waals surface area contributed by atoms with Crippen LogP contribution in [0.15, 0.2) is 42.5 Å². The summed E-state index contributed by atoms with van der Waals surface area (Å²) in [4.78, 5) is 0.